The number of halogens is 2. The van der Waals surface area contributed by atoms with Crippen molar-refractivity contribution in [3.8, 4) is 0 Å². The van der Waals surface area contributed by atoms with Crippen LogP contribution in [0.5, 0.6) is 0 Å². The molecule has 3 rings (SSSR count). The van der Waals surface area contributed by atoms with Crippen molar-refractivity contribution in [2.75, 3.05) is 45.8 Å². The third kappa shape index (κ3) is 5.53. The normalized spacial score (nSPS) is 19.1. The zero-order valence-electron chi connectivity index (χ0n) is 17.4. The average molecular weight is 408 g/mol. The minimum atomic E-state index is -0.844. The molecule has 0 N–H and O–H groups in total. The van der Waals surface area contributed by atoms with Gasteiger partial charge in [-0.05, 0) is 43.9 Å². The number of amides is 2. The molecular formula is C22H31F2N3O2. The highest BCUT2D eigenvalue weighted by Crippen LogP contribution is 2.23. The van der Waals surface area contributed by atoms with Crippen LogP contribution in [0.3, 0.4) is 0 Å². The average Bonchev–Trinajstić information content (AvgIpc) is 2.72. The lowest BCUT2D eigenvalue weighted by atomic mass is 9.94. The van der Waals surface area contributed by atoms with Crippen LogP contribution in [0.25, 0.3) is 0 Å². The van der Waals surface area contributed by atoms with Crippen LogP contribution in [0, 0.1) is 23.5 Å². The van der Waals surface area contributed by atoms with E-state index in [9.17, 15) is 18.4 Å². The quantitative estimate of drug-likeness (QED) is 0.754. The number of hydrogen-bond acceptors (Lipinski definition) is 3. The molecule has 0 saturated carbocycles. The monoisotopic (exact) mass is 407 g/mol. The summed E-state index contributed by atoms with van der Waals surface area (Å²) in [6.45, 7) is 9.72. The van der Waals surface area contributed by atoms with Gasteiger partial charge in [-0.3, -0.25) is 14.5 Å². The molecule has 0 aliphatic carbocycles. The summed E-state index contributed by atoms with van der Waals surface area (Å²) in [6, 6.07) is 3.00. The van der Waals surface area contributed by atoms with Crippen LogP contribution in [-0.4, -0.2) is 72.3 Å². The smallest absolute Gasteiger partial charge is 0.256 e. The predicted octanol–water partition coefficient (Wildman–Crippen LogP) is 3.01. The van der Waals surface area contributed by atoms with Crippen LogP contribution in [0.4, 0.5) is 8.78 Å². The summed E-state index contributed by atoms with van der Waals surface area (Å²) in [6.07, 6.45) is 2.34. The Balaban J connectivity index is 1.47. The minimum Gasteiger partial charge on any atom is -0.340 e. The molecule has 0 bridgehead atoms. The van der Waals surface area contributed by atoms with Gasteiger partial charge in [0.05, 0.1) is 5.56 Å². The standard InChI is InChI=1S/C22H31F2N3O2/c1-16(2)5-8-25-11-13-27(14-12-25)21(28)17-6-9-26(10-7-17)22(29)19-4-3-18(23)15-20(19)24/h3-4,15-17H,5-14H2,1-2H3. The Bertz CT molecular complexity index is 725. The summed E-state index contributed by atoms with van der Waals surface area (Å²) in [7, 11) is 0. The first-order valence-electron chi connectivity index (χ1n) is 10.6. The van der Waals surface area contributed by atoms with Gasteiger partial charge in [0.15, 0.2) is 0 Å². The molecule has 0 atom stereocenters. The summed E-state index contributed by atoms with van der Waals surface area (Å²) < 4.78 is 26.9. The number of piperidine rings is 1. The fourth-order valence-corrected chi connectivity index (χ4v) is 4.05. The molecule has 29 heavy (non-hydrogen) atoms. The van der Waals surface area contributed by atoms with Gasteiger partial charge in [0.1, 0.15) is 11.6 Å². The van der Waals surface area contributed by atoms with E-state index in [1.54, 1.807) is 4.90 Å². The van der Waals surface area contributed by atoms with E-state index >= 15 is 0 Å². The molecule has 1 aromatic carbocycles. The molecule has 2 fully saturated rings. The van der Waals surface area contributed by atoms with E-state index in [0.29, 0.717) is 31.8 Å². The van der Waals surface area contributed by atoms with E-state index < -0.39 is 17.5 Å². The number of likely N-dealkylation sites (tertiary alicyclic amines) is 1. The Morgan fingerprint density at radius 3 is 2.24 bits per heavy atom. The Kier molecular flexibility index (Phi) is 7.22. The Labute approximate surface area is 171 Å². The maximum atomic E-state index is 13.9. The maximum Gasteiger partial charge on any atom is 0.256 e. The summed E-state index contributed by atoms with van der Waals surface area (Å²) in [5, 5.41) is 0. The highest BCUT2D eigenvalue weighted by atomic mass is 19.1. The fraction of sp³-hybridized carbons (Fsp3) is 0.636. The molecule has 1 aromatic rings. The fourth-order valence-electron chi connectivity index (χ4n) is 4.05. The number of benzene rings is 1. The molecule has 0 aromatic heterocycles. The largest absolute Gasteiger partial charge is 0.340 e. The lowest BCUT2D eigenvalue weighted by molar-refractivity contribution is -0.138. The topological polar surface area (TPSA) is 43.9 Å². The Hall–Kier alpha value is -2.02. The highest BCUT2D eigenvalue weighted by Gasteiger charge is 2.32. The predicted molar refractivity (Wildman–Crippen MR) is 107 cm³/mol. The molecule has 0 radical (unpaired) electrons. The summed E-state index contributed by atoms with van der Waals surface area (Å²) in [5.74, 6) is -1.21. The number of carbonyl (C=O) groups is 2. The summed E-state index contributed by atoms with van der Waals surface area (Å²) >= 11 is 0. The highest BCUT2D eigenvalue weighted by molar-refractivity contribution is 5.94. The number of nitrogens with zero attached hydrogens (tertiary/aromatic N) is 3. The first-order valence-corrected chi connectivity index (χ1v) is 10.6. The first-order chi connectivity index (χ1) is 13.8. The Morgan fingerprint density at radius 2 is 1.66 bits per heavy atom. The van der Waals surface area contributed by atoms with Crippen LogP contribution < -0.4 is 0 Å². The Morgan fingerprint density at radius 1 is 1.00 bits per heavy atom. The lowest BCUT2D eigenvalue weighted by Gasteiger charge is -2.38. The van der Waals surface area contributed by atoms with Crippen LogP contribution in [0.15, 0.2) is 18.2 Å². The van der Waals surface area contributed by atoms with Gasteiger partial charge in [0, 0.05) is 51.3 Å². The van der Waals surface area contributed by atoms with E-state index in [4.69, 9.17) is 0 Å². The van der Waals surface area contributed by atoms with Crippen LogP contribution in [0.1, 0.15) is 43.5 Å². The van der Waals surface area contributed by atoms with Crippen molar-refractivity contribution in [3.05, 3.63) is 35.4 Å². The van der Waals surface area contributed by atoms with Crippen LogP contribution in [-0.2, 0) is 4.79 Å². The second-order valence-electron chi connectivity index (χ2n) is 8.54. The third-order valence-corrected chi connectivity index (χ3v) is 6.00. The summed E-state index contributed by atoms with van der Waals surface area (Å²) in [4.78, 5) is 31.3. The van der Waals surface area contributed by atoms with E-state index in [1.807, 2.05) is 4.90 Å². The second kappa shape index (κ2) is 9.65. The molecule has 7 heteroatoms. The number of hydrogen-bond donors (Lipinski definition) is 0. The number of rotatable bonds is 5. The number of piperazine rings is 1. The SMILES string of the molecule is CC(C)CCN1CCN(C(=O)C2CCN(C(=O)c3ccc(F)cc3F)CC2)CC1. The van der Waals surface area contributed by atoms with Crippen LogP contribution >= 0.6 is 0 Å². The molecule has 2 aliphatic rings. The molecule has 0 spiro atoms. The van der Waals surface area contributed by atoms with Crippen molar-refractivity contribution in [1.29, 1.82) is 0 Å². The second-order valence-corrected chi connectivity index (χ2v) is 8.54. The number of carbonyl (C=O) groups excluding carboxylic acids is 2. The van der Waals surface area contributed by atoms with Crippen molar-refractivity contribution in [1.82, 2.24) is 14.7 Å². The summed E-state index contributed by atoms with van der Waals surface area (Å²) in [5.41, 5.74) is -0.117. The molecule has 2 aliphatic heterocycles. The molecule has 5 nitrogen and oxygen atoms in total. The van der Waals surface area contributed by atoms with Crippen molar-refractivity contribution in [2.24, 2.45) is 11.8 Å². The zero-order valence-corrected chi connectivity index (χ0v) is 17.4. The van der Waals surface area contributed by atoms with Gasteiger partial charge in [0.25, 0.3) is 5.91 Å². The van der Waals surface area contributed by atoms with Gasteiger partial charge < -0.3 is 9.80 Å². The van der Waals surface area contributed by atoms with Gasteiger partial charge in [-0.15, -0.1) is 0 Å². The maximum absolute atomic E-state index is 13.9. The van der Waals surface area contributed by atoms with Crippen molar-refractivity contribution < 1.29 is 18.4 Å². The van der Waals surface area contributed by atoms with Gasteiger partial charge >= 0.3 is 0 Å². The van der Waals surface area contributed by atoms with Crippen molar-refractivity contribution >= 4 is 11.8 Å². The van der Waals surface area contributed by atoms with E-state index in [0.717, 1.165) is 44.9 Å². The first kappa shape index (κ1) is 21.7. The molecule has 2 heterocycles. The molecule has 160 valence electrons. The van der Waals surface area contributed by atoms with E-state index in [1.165, 1.54) is 12.5 Å². The van der Waals surface area contributed by atoms with Gasteiger partial charge in [-0.25, -0.2) is 8.78 Å². The molecule has 2 saturated heterocycles. The van der Waals surface area contributed by atoms with Crippen molar-refractivity contribution in [2.45, 2.75) is 33.1 Å². The molecule has 2 amide bonds. The van der Waals surface area contributed by atoms with Gasteiger partial charge in [0.2, 0.25) is 5.91 Å². The third-order valence-electron chi connectivity index (χ3n) is 6.00. The van der Waals surface area contributed by atoms with E-state index in [-0.39, 0.29) is 17.4 Å². The van der Waals surface area contributed by atoms with Gasteiger partial charge in [-0.1, -0.05) is 13.8 Å². The van der Waals surface area contributed by atoms with Crippen LogP contribution in [0.2, 0.25) is 0 Å². The van der Waals surface area contributed by atoms with E-state index in [2.05, 4.69) is 18.7 Å². The van der Waals surface area contributed by atoms with Gasteiger partial charge in [-0.2, -0.15) is 0 Å². The lowest BCUT2D eigenvalue weighted by Crippen LogP contribution is -2.52. The molecule has 0 unspecified atom stereocenters. The zero-order chi connectivity index (χ0) is 21.0. The minimum absolute atomic E-state index is 0.0840. The van der Waals surface area contributed by atoms with Crippen molar-refractivity contribution in [3.63, 3.8) is 0 Å². The molecular weight excluding hydrogens is 376 g/mol.